The largest absolute Gasteiger partial charge is 0.497 e. The summed E-state index contributed by atoms with van der Waals surface area (Å²) in [5.41, 5.74) is 0.896. The quantitative estimate of drug-likeness (QED) is 0.681. The number of aromatic nitrogens is 1. The van der Waals surface area contributed by atoms with E-state index in [0.29, 0.717) is 6.54 Å². The Kier molecular flexibility index (Phi) is 8.12. The first-order valence-corrected chi connectivity index (χ1v) is 11.1. The summed E-state index contributed by atoms with van der Waals surface area (Å²) in [4.78, 5) is 22.5. The molecule has 0 bridgehead atoms. The number of anilines is 1. The van der Waals surface area contributed by atoms with Crippen molar-refractivity contribution >= 4 is 45.0 Å². The van der Waals surface area contributed by atoms with Crippen LogP contribution in [0, 0.1) is 5.92 Å². The van der Waals surface area contributed by atoms with Gasteiger partial charge in [-0.2, -0.15) is 0 Å². The van der Waals surface area contributed by atoms with Crippen LogP contribution in [-0.2, 0) is 9.53 Å². The first-order valence-electron chi connectivity index (χ1n) is 10.3. The Labute approximate surface area is 182 Å². The summed E-state index contributed by atoms with van der Waals surface area (Å²) in [6, 6.07) is 5.92. The first-order chi connectivity index (χ1) is 13.7. The summed E-state index contributed by atoms with van der Waals surface area (Å²) >= 11 is 1.60. The second-order valence-electron chi connectivity index (χ2n) is 7.61. The summed E-state index contributed by atoms with van der Waals surface area (Å²) in [6.07, 6.45) is 5.57. The van der Waals surface area contributed by atoms with Crippen molar-refractivity contribution in [1.29, 1.82) is 0 Å². The molecule has 0 radical (unpaired) electrons. The van der Waals surface area contributed by atoms with Crippen LogP contribution in [0.3, 0.4) is 0 Å². The molecule has 1 aromatic heterocycles. The van der Waals surface area contributed by atoms with Crippen molar-refractivity contribution in [2.75, 3.05) is 51.4 Å². The third-order valence-electron chi connectivity index (χ3n) is 5.78. The highest BCUT2D eigenvalue weighted by Gasteiger charge is 2.29. The van der Waals surface area contributed by atoms with Crippen molar-refractivity contribution in [3.05, 3.63) is 18.2 Å². The molecule has 1 amide bonds. The van der Waals surface area contributed by atoms with E-state index in [1.807, 2.05) is 23.1 Å². The molecule has 0 spiro atoms. The molecule has 0 atom stereocenters. The normalized spacial score (nSPS) is 18.4. The minimum atomic E-state index is 0. The van der Waals surface area contributed by atoms with Crippen LogP contribution in [0.5, 0.6) is 5.75 Å². The Morgan fingerprint density at radius 3 is 2.76 bits per heavy atom. The van der Waals surface area contributed by atoms with Gasteiger partial charge in [0.25, 0.3) is 0 Å². The van der Waals surface area contributed by atoms with E-state index in [1.54, 1.807) is 18.4 Å². The van der Waals surface area contributed by atoms with Gasteiger partial charge in [-0.15, -0.1) is 12.4 Å². The van der Waals surface area contributed by atoms with Gasteiger partial charge in [0.2, 0.25) is 5.91 Å². The highest BCUT2D eigenvalue weighted by molar-refractivity contribution is 7.22. The number of carbonyl (C=O) groups excluding carboxylic acids is 1. The second kappa shape index (κ2) is 10.6. The predicted octanol–water partition coefficient (Wildman–Crippen LogP) is 3.97. The summed E-state index contributed by atoms with van der Waals surface area (Å²) in [5, 5.41) is 0.812. The number of fused-ring (bicyclic) bond motifs is 1. The maximum Gasteiger partial charge on any atom is 0.231 e. The summed E-state index contributed by atoms with van der Waals surface area (Å²) < 4.78 is 11.9. The van der Waals surface area contributed by atoms with Crippen molar-refractivity contribution in [3.63, 3.8) is 0 Å². The Hall–Kier alpha value is -1.41. The van der Waals surface area contributed by atoms with Crippen LogP contribution in [0.25, 0.3) is 10.2 Å². The molecule has 1 aromatic carbocycles. The average molecular weight is 440 g/mol. The molecule has 0 unspecified atom stereocenters. The molecule has 0 N–H and O–H groups in total. The molecule has 29 heavy (non-hydrogen) atoms. The Morgan fingerprint density at radius 2 is 2.03 bits per heavy atom. The van der Waals surface area contributed by atoms with Crippen LogP contribution in [0.2, 0.25) is 0 Å². The number of thiazole rings is 1. The fourth-order valence-electron chi connectivity index (χ4n) is 4.07. The van der Waals surface area contributed by atoms with Crippen molar-refractivity contribution in [2.24, 2.45) is 5.92 Å². The number of carbonyl (C=O) groups is 1. The number of ether oxygens (including phenoxy) is 2. The highest BCUT2D eigenvalue weighted by Crippen LogP contribution is 2.33. The number of benzene rings is 1. The van der Waals surface area contributed by atoms with Gasteiger partial charge in [0.1, 0.15) is 5.75 Å². The fraction of sp³-hybridized carbons (Fsp3) is 0.619. The summed E-state index contributed by atoms with van der Waals surface area (Å²) in [7, 11) is 1.66. The monoisotopic (exact) mass is 439 g/mol. The van der Waals surface area contributed by atoms with Gasteiger partial charge < -0.3 is 9.47 Å². The summed E-state index contributed by atoms with van der Waals surface area (Å²) in [5.74, 6) is 1.18. The predicted molar refractivity (Wildman–Crippen MR) is 120 cm³/mol. The molecule has 8 heteroatoms. The molecule has 2 aromatic rings. The van der Waals surface area contributed by atoms with E-state index in [4.69, 9.17) is 14.5 Å². The molecular formula is C21H30ClN3O3S. The van der Waals surface area contributed by atoms with E-state index in [-0.39, 0.29) is 24.2 Å². The van der Waals surface area contributed by atoms with E-state index in [9.17, 15) is 4.79 Å². The van der Waals surface area contributed by atoms with Crippen molar-refractivity contribution in [1.82, 2.24) is 9.88 Å². The zero-order valence-electron chi connectivity index (χ0n) is 17.0. The SMILES string of the molecule is COc1ccc2sc(N(CCN3CCOCC3)C(=O)C3CCCCC3)nc2c1.Cl. The van der Waals surface area contributed by atoms with Crippen LogP contribution in [0.4, 0.5) is 5.13 Å². The third kappa shape index (κ3) is 5.40. The number of hydrogen-bond acceptors (Lipinski definition) is 6. The van der Waals surface area contributed by atoms with E-state index >= 15 is 0 Å². The number of hydrogen-bond donors (Lipinski definition) is 0. The molecule has 160 valence electrons. The van der Waals surface area contributed by atoms with Crippen LogP contribution < -0.4 is 9.64 Å². The first kappa shape index (κ1) is 22.3. The number of methoxy groups -OCH3 is 1. The smallest absolute Gasteiger partial charge is 0.231 e. The molecule has 2 aliphatic rings. The Bertz CT molecular complexity index is 804. The van der Waals surface area contributed by atoms with E-state index < -0.39 is 0 Å². The van der Waals surface area contributed by atoms with E-state index in [2.05, 4.69) is 4.90 Å². The second-order valence-corrected chi connectivity index (χ2v) is 8.62. The lowest BCUT2D eigenvalue weighted by Crippen LogP contribution is -2.45. The lowest BCUT2D eigenvalue weighted by molar-refractivity contribution is -0.123. The van der Waals surface area contributed by atoms with Gasteiger partial charge >= 0.3 is 0 Å². The summed E-state index contributed by atoms with van der Waals surface area (Å²) in [6.45, 7) is 4.97. The number of rotatable bonds is 6. The van der Waals surface area contributed by atoms with E-state index in [0.717, 1.165) is 79.6 Å². The molecule has 4 rings (SSSR count). The van der Waals surface area contributed by atoms with Gasteiger partial charge in [0.05, 0.1) is 30.5 Å². The fourth-order valence-corrected chi connectivity index (χ4v) is 5.05. The molecule has 6 nitrogen and oxygen atoms in total. The lowest BCUT2D eigenvalue weighted by atomic mass is 9.88. The number of nitrogens with zero attached hydrogens (tertiary/aromatic N) is 3. The van der Waals surface area contributed by atoms with Crippen molar-refractivity contribution in [2.45, 2.75) is 32.1 Å². The lowest BCUT2D eigenvalue weighted by Gasteiger charge is -2.31. The van der Waals surface area contributed by atoms with Crippen LogP contribution >= 0.6 is 23.7 Å². The number of halogens is 1. The minimum absolute atomic E-state index is 0. The van der Waals surface area contributed by atoms with Crippen LogP contribution in [0.15, 0.2) is 18.2 Å². The van der Waals surface area contributed by atoms with Gasteiger partial charge in [-0.05, 0) is 25.0 Å². The number of morpholine rings is 1. The Morgan fingerprint density at radius 1 is 1.28 bits per heavy atom. The van der Waals surface area contributed by atoms with Gasteiger partial charge in [-0.3, -0.25) is 14.6 Å². The Balaban J connectivity index is 0.00000240. The van der Waals surface area contributed by atoms with Gasteiger partial charge in [-0.25, -0.2) is 4.98 Å². The average Bonchev–Trinajstić information content (AvgIpc) is 3.18. The topological polar surface area (TPSA) is 54.9 Å². The van der Waals surface area contributed by atoms with Crippen LogP contribution in [-0.4, -0.2) is 62.3 Å². The third-order valence-corrected chi connectivity index (χ3v) is 6.84. The highest BCUT2D eigenvalue weighted by atomic mass is 35.5. The maximum atomic E-state index is 13.4. The molecule has 1 aliphatic heterocycles. The zero-order chi connectivity index (χ0) is 19.3. The van der Waals surface area contributed by atoms with Gasteiger partial charge in [0.15, 0.2) is 5.13 Å². The molecule has 1 aliphatic carbocycles. The van der Waals surface area contributed by atoms with Crippen molar-refractivity contribution < 1.29 is 14.3 Å². The maximum absolute atomic E-state index is 13.4. The van der Waals surface area contributed by atoms with Gasteiger partial charge in [0, 0.05) is 38.2 Å². The zero-order valence-corrected chi connectivity index (χ0v) is 18.6. The van der Waals surface area contributed by atoms with Crippen molar-refractivity contribution in [3.8, 4) is 5.75 Å². The molecule has 1 saturated carbocycles. The molecular weight excluding hydrogens is 410 g/mol. The minimum Gasteiger partial charge on any atom is -0.497 e. The number of amides is 1. The van der Waals surface area contributed by atoms with E-state index in [1.165, 1.54) is 6.42 Å². The molecule has 2 heterocycles. The van der Waals surface area contributed by atoms with Gasteiger partial charge in [-0.1, -0.05) is 30.6 Å². The van der Waals surface area contributed by atoms with Crippen LogP contribution in [0.1, 0.15) is 32.1 Å². The molecule has 1 saturated heterocycles. The standard InChI is InChI=1S/C21H29N3O3S.ClH/c1-26-17-7-8-19-18(15-17)22-21(28-19)24(10-9-23-11-13-27-14-12-23)20(25)16-5-3-2-4-6-16;/h7-8,15-16H,2-6,9-14H2,1H3;1H. The molecule has 2 fully saturated rings.